The van der Waals surface area contributed by atoms with Crippen molar-refractivity contribution in [1.29, 1.82) is 0 Å². The Morgan fingerprint density at radius 1 is 1.20 bits per heavy atom. The molecule has 15 heavy (non-hydrogen) atoms. The Hall–Kier alpha value is -0.120. The van der Waals surface area contributed by atoms with Gasteiger partial charge >= 0.3 is 0 Å². The van der Waals surface area contributed by atoms with Gasteiger partial charge in [-0.25, -0.2) is 0 Å². The van der Waals surface area contributed by atoms with Gasteiger partial charge in [-0.1, -0.05) is 20.8 Å². The fourth-order valence-corrected chi connectivity index (χ4v) is 1.61. The molecule has 0 aromatic heterocycles. The summed E-state index contributed by atoms with van der Waals surface area (Å²) >= 11 is 0. The molecule has 0 fully saturated rings. The smallest absolute Gasteiger partial charge is 0.0549 e. The van der Waals surface area contributed by atoms with Gasteiger partial charge < -0.3 is 15.5 Å². The molecule has 0 aromatic rings. The topological polar surface area (TPSA) is 52.5 Å². The van der Waals surface area contributed by atoms with Crippen molar-refractivity contribution in [2.75, 3.05) is 19.7 Å². The van der Waals surface area contributed by atoms with E-state index in [2.05, 4.69) is 19.2 Å². The minimum atomic E-state index is -0.190. The van der Waals surface area contributed by atoms with Crippen LogP contribution in [-0.4, -0.2) is 36.0 Å². The van der Waals surface area contributed by atoms with Crippen molar-refractivity contribution in [2.45, 2.75) is 52.6 Å². The molecule has 1 atom stereocenters. The van der Waals surface area contributed by atoms with Crippen molar-refractivity contribution in [3.63, 3.8) is 0 Å². The fourth-order valence-electron chi connectivity index (χ4n) is 1.61. The Morgan fingerprint density at radius 2 is 1.80 bits per heavy atom. The van der Waals surface area contributed by atoms with Crippen LogP contribution in [0.4, 0.5) is 0 Å². The Kier molecular flexibility index (Phi) is 8.02. The Morgan fingerprint density at radius 3 is 2.20 bits per heavy atom. The van der Waals surface area contributed by atoms with Crippen LogP contribution in [0, 0.1) is 5.41 Å². The van der Waals surface area contributed by atoms with Crippen molar-refractivity contribution in [2.24, 2.45) is 5.41 Å². The second-order valence-corrected chi connectivity index (χ2v) is 4.39. The summed E-state index contributed by atoms with van der Waals surface area (Å²) in [4.78, 5) is 0. The summed E-state index contributed by atoms with van der Waals surface area (Å²) in [6.07, 6.45) is 3.40. The van der Waals surface area contributed by atoms with Crippen LogP contribution in [0.3, 0.4) is 0 Å². The van der Waals surface area contributed by atoms with Gasteiger partial charge in [-0.2, -0.15) is 0 Å². The lowest BCUT2D eigenvalue weighted by atomic mass is 9.83. The van der Waals surface area contributed by atoms with Crippen molar-refractivity contribution in [3.05, 3.63) is 0 Å². The van der Waals surface area contributed by atoms with E-state index in [1.54, 1.807) is 0 Å². The van der Waals surface area contributed by atoms with Crippen LogP contribution in [0.5, 0.6) is 0 Å². The molecule has 0 bridgehead atoms. The average Bonchev–Trinajstić information content (AvgIpc) is 2.30. The molecule has 0 aliphatic heterocycles. The first kappa shape index (κ1) is 14.9. The maximum absolute atomic E-state index is 9.37. The van der Waals surface area contributed by atoms with E-state index in [1.807, 2.05) is 6.92 Å². The molecule has 1 unspecified atom stereocenters. The Bertz CT molecular complexity index is 138. The lowest BCUT2D eigenvalue weighted by Gasteiger charge is -2.29. The molecule has 0 rings (SSSR count). The average molecular weight is 217 g/mol. The molecule has 92 valence electrons. The van der Waals surface area contributed by atoms with Crippen LogP contribution in [0.2, 0.25) is 0 Å². The molecule has 0 aliphatic rings. The summed E-state index contributed by atoms with van der Waals surface area (Å²) < 4.78 is 0. The maximum Gasteiger partial charge on any atom is 0.0549 e. The summed E-state index contributed by atoms with van der Waals surface area (Å²) in [7, 11) is 0. The molecule has 0 spiro atoms. The van der Waals surface area contributed by atoms with Crippen LogP contribution in [0.1, 0.15) is 46.5 Å². The maximum atomic E-state index is 9.37. The van der Waals surface area contributed by atoms with Crippen LogP contribution in [-0.2, 0) is 0 Å². The molecule has 3 N–H and O–H groups in total. The Balaban J connectivity index is 3.72. The molecular weight excluding hydrogens is 190 g/mol. The van der Waals surface area contributed by atoms with E-state index in [-0.39, 0.29) is 18.1 Å². The predicted octanol–water partition coefficient (Wildman–Crippen LogP) is 1.54. The van der Waals surface area contributed by atoms with E-state index < -0.39 is 0 Å². The lowest BCUT2D eigenvalue weighted by Crippen LogP contribution is -2.37. The number of hydrogen-bond donors (Lipinski definition) is 3. The van der Waals surface area contributed by atoms with Gasteiger partial charge in [0.2, 0.25) is 0 Å². The monoisotopic (exact) mass is 217 g/mol. The van der Waals surface area contributed by atoms with Crippen LogP contribution < -0.4 is 5.32 Å². The normalized spacial score (nSPS) is 14.2. The molecule has 0 saturated carbocycles. The first-order chi connectivity index (χ1) is 7.14. The SMILES string of the molecule is CCC(O)CCNCC(CC)(CC)CO. The van der Waals surface area contributed by atoms with Crippen molar-refractivity contribution >= 4 is 0 Å². The van der Waals surface area contributed by atoms with Gasteiger partial charge in [0.25, 0.3) is 0 Å². The molecule has 0 heterocycles. The first-order valence-corrected chi connectivity index (χ1v) is 6.13. The van der Waals surface area contributed by atoms with E-state index in [9.17, 15) is 10.2 Å². The number of aliphatic hydroxyl groups excluding tert-OH is 2. The van der Waals surface area contributed by atoms with E-state index in [0.29, 0.717) is 0 Å². The molecule has 3 heteroatoms. The minimum Gasteiger partial charge on any atom is -0.396 e. The summed E-state index contributed by atoms with van der Waals surface area (Å²) in [5, 5.41) is 22.0. The molecule has 0 aliphatic carbocycles. The number of aliphatic hydroxyl groups is 2. The quantitative estimate of drug-likeness (QED) is 0.513. The van der Waals surface area contributed by atoms with Crippen molar-refractivity contribution in [3.8, 4) is 0 Å². The highest BCUT2D eigenvalue weighted by molar-refractivity contribution is 4.78. The van der Waals surface area contributed by atoms with Crippen LogP contribution >= 0.6 is 0 Å². The summed E-state index contributed by atoms with van der Waals surface area (Å²) in [6, 6.07) is 0. The minimum absolute atomic E-state index is 0.0250. The molecule has 0 radical (unpaired) electrons. The van der Waals surface area contributed by atoms with E-state index in [0.717, 1.165) is 38.8 Å². The molecule has 0 amide bonds. The highest BCUT2D eigenvalue weighted by atomic mass is 16.3. The van der Waals surface area contributed by atoms with Gasteiger partial charge in [-0.3, -0.25) is 0 Å². The van der Waals surface area contributed by atoms with Gasteiger partial charge in [-0.05, 0) is 32.2 Å². The molecule has 3 nitrogen and oxygen atoms in total. The zero-order chi connectivity index (χ0) is 11.7. The largest absolute Gasteiger partial charge is 0.396 e. The van der Waals surface area contributed by atoms with Crippen LogP contribution in [0.15, 0.2) is 0 Å². The van der Waals surface area contributed by atoms with Gasteiger partial charge in [0, 0.05) is 18.6 Å². The first-order valence-electron chi connectivity index (χ1n) is 6.13. The third-order valence-corrected chi connectivity index (χ3v) is 3.46. The van der Waals surface area contributed by atoms with Gasteiger partial charge in [0.05, 0.1) is 6.10 Å². The second-order valence-electron chi connectivity index (χ2n) is 4.39. The molecule has 0 aromatic carbocycles. The summed E-state index contributed by atoms with van der Waals surface area (Å²) in [6.45, 7) is 8.12. The van der Waals surface area contributed by atoms with Crippen LogP contribution in [0.25, 0.3) is 0 Å². The predicted molar refractivity (Wildman–Crippen MR) is 63.9 cm³/mol. The molecular formula is C12H27NO2. The van der Waals surface area contributed by atoms with E-state index in [4.69, 9.17) is 0 Å². The van der Waals surface area contributed by atoms with Gasteiger partial charge in [-0.15, -0.1) is 0 Å². The number of hydrogen-bond acceptors (Lipinski definition) is 3. The molecule has 0 saturated heterocycles. The zero-order valence-electron chi connectivity index (χ0n) is 10.4. The van der Waals surface area contributed by atoms with E-state index in [1.165, 1.54) is 0 Å². The lowest BCUT2D eigenvalue weighted by molar-refractivity contribution is 0.109. The van der Waals surface area contributed by atoms with Gasteiger partial charge in [0.15, 0.2) is 0 Å². The standard InChI is InChI=1S/C12H27NO2/c1-4-11(15)7-8-13-9-12(5-2,6-3)10-14/h11,13-15H,4-10H2,1-3H3. The van der Waals surface area contributed by atoms with Gasteiger partial charge in [0.1, 0.15) is 0 Å². The number of nitrogens with one attached hydrogen (secondary N) is 1. The van der Waals surface area contributed by atoms with Crippen molar-refractivity contribution in [1.82, 2.24) is 5.32 Å². The summed E-state index contributed by atoms with van der Waals surface area (Å²) in [5.74, 6) is 0. The fraction of sp³-hybridized carbons (Fsp3) is 1.00. The highest BCUT2D eigenvalue weighted by Gasteiger charge is 2.24. The highest BCUT2D eigenvalue weighted by Crippen LogP contribution is 2.24. The second kappa shape index (κ2) is 8.08. The third kappa shape index (κ3) is 5.50. The summed E-state index contributed by atoms with van der Waals surface area (Å²) in [5.41, 5.74) is 0.0250. The van der Waals surface area contributed by atoms with E-state index >= 15 is 0 Å². The Labute approximate surface area is 93.9 Å². The third-order valence-electron chi connectivity index (χ3n) is 3.46. The van der Waals surface area contributed by atoms with Crippen molar-refractivity contribution < 1.29 is 10.2 Å². The zero-order valence-corrected chi connectivity index (χ0v) is 10.4. The number of rotatable bonds is 9.